The van der Waals surface area contributed by atoms with Gasteiger partial charge in [0.05, 0.1) is 6.61 Å². The molecule has 0 aliphatic carbocycles. The largest absolute Gasteiger partial charge is 0.451 e. The Morgan fingerprint density at radius 2 is 0.667 bits per heavy atom. The van der Waals surface area contributed by atoms with Gasteiger partial charge in [0.1, 0.15) is 6.10 Å². The monoisotopic (exact) mass is 681 g/mol. The van der Waals surface area contributed by atoms with Crippen LogP contribution in [0, 0.1) is 0 Å². The second-order valence-corrected chi connectivity index (χ2v) is 14.9. The van der Waals surface area contributed by atoms with E-state index in [1.807, 2.05) is 0 Å². The van der Waals surface area contributed by atoms with E-state index in [0.29, 0.717) is 0 Å². The Hall–Kier alpha value is -0.940. The van der Waals surface area contributed by atoms with Crippen molar-refractivity contribution in [3.8, 4) is 0 Å². The number of hydrogen-bond acceptors (Lipinski definition) is 5. The van der Waals surface area contributed by atoms with Crippen molar-refractivity contribution in [3.05, 3.63) is 0 Å². The van der Waals surface area contributed by atoms with Gasteiger partial charge in [0.15, 0.2) is 11.9 Å². The van der Waals surface area contributed by atoms with Crippen LogP contribution in [0.4, 0.5) is 0 Å². The highest BCUT2D eigenvalue weighted by Crippen LogP contribution is 2.17. The van der Waals surface area contributed by atoms with Gasteiger partial charge in [0.25, 0.3) is 0 Å². The molecule has 0 aromatic carbocycles. The smallest absolute Gasteiger partial charge is 0.306 e. The number of Topliss-reactive ketones (excluding diaryl/α,β-unsaturated/α-hetero) is 1. The molecule has 0 aliphatic heterocycles. The van der Waals surface area contributed by atoms with Gasteiger partial charge < -0.3 is 14.9 Å². The molecule has 48 heavy (non-hydrogen) atoms. The highest BCUT2D eigenvalue weighted by atomic mass is 16.6. The summed E-state index contributed by atoms with van der Waals surface area (Å²) in [4.78, 5) is 25.1. The first-order valence-electron chi connectivity index (χ1n) is 21.6. The van der Waals surface area contributed by atoms with Crippen LogP contribution in [-0.4, -0.2) is 40.8 Å². The maximum Gasteiger partial charge on any atom is 0.306 e. The van der Waals surface area contributed by atoms with Crippen molar-refractivity contribution >= 4 is 11.8 Å². The maximum absolute atomic E-state index is 12.7. The summed E-state index contributed by atoms with van der Waals surface area (Å²) < 4.78 is 5.38. The zero-order chi connectivity index (χ0) is 35.2. The molecule has 0 bridgehead atoms. The number of aliphatic hydroxyl groups excluding tert-OH is 2. The van der Waals surface area contributed by atoms with E-state index in [4.69, 9.17) is 4.74 Å². The first kappa shape index (κ1) is 47.1. The number of aliphatic hydroxyl groups is 2. The molecule has 2 unspecified atom stereocenters. The highest BCUT2D eigenvalue weighted by molar-refractivity contribution is 5.86. The zero-order valence-electron chi connectivity index (χ0n) is 32.4. The molecular weight excluding hydrogens is 596 g/mol. The summed E-state index contributed by atoms with van der Waals surface area (Å²) in [6, 6.07) is 0. The second kappa shape index (κ2) is 38.9. The summed E-state index contributed by atoms with van der Waals surface area (Å²) in [7, 11) is 0. The van der Waals surface area contributed by atoms with Crippen LogP contribution in [0.5, 0.6) is 0 Å². The predicted octanol–water partition coefficient (Wildman–Crippen LogP) is 12.9. The molecule has 0 amide bonds. The third-order valence-electron chi connectivity index (χ3n) is 10.1. The third-order valence-corrected chi connectivity index (χ3v) is 10.1. The van der Waals surface area contributed by atoms with Crippen LogP contribution < -0.4 is 0 Å². The van der Waals surface area contributed by atoms with Crippen LogP contribution >= 0.6 is 0 Å². The van der Waals surface area contributed by atoms with E-state index < -0.39 is 24.8 Å². The molecule has 0 radical (unpaired) electrons. The highest BCUT2D eigenvalue weighted by Gasteiger charge is 2.29. The van der Waals surface area contributed by atoms with Crippen molar-refractivity contribution in [1.82, 2.24) is 0 Å². The molecule has 5 heteroatoms. The number of rotatable bonds is 40. The molecule has 0 aromatic heterocycles. The normalized spacial score (nSPS) is 12.8. The van der Waals surface area contributed by atoms with Gasteiger partial charge in [-0.3, -0.25) is 9.59 Å². The fraction of sp³-hybridized carbons (Fsp3) is 0.953. The molecule has 286 valence electrons. The van der Waals surface area contributed by atoms with Gasteiger partial charge in [0, 0.05) is 12.8 Å². The van der Waals surface area contributed by atoms with Crippen LogP contribution in [0.3, 0.4) is 0 Å². The van der Waals surface area contributed by atoms with Gasteiger partial charge in [0.2, 0.25) is 0 Å². The van der Waals surface area contributed by atoms with Crippen molar-refractivity contribution in [2.24, 2.45) is 0 Å². The minimum Gasteiger partial charge on any atom is -0.451 e. The lowest BCUT2D eigenvalue weighted by atomic mass is 10.0. The minimum absolute atomic E-state index is 0.264. The Bertz CT molecular complexity index is 666. The van der Waals surface area contributed by atoms with Crippen LogP contribution in [-0.2, 0) is 14.3 Å². The molecule has 2 atom stereocenters. The van der Waals surface area contributed by atoms with Crippen molar-refractivity contribution in [3.63, 3.8) is 0 Å². The summed E-state index contributed by atoms with van der Waals surface area (Å²) >= 11 is 0. The maximum atomic E-state index is 12.7. The standard InChI is InChI=1S/C43H84O5/c1-3-5-7-9-11-13-15-17-19-21-23-25-27-29-31-33-35-37-40(45)43(41(46)39-44)48-42(47)38-36-34-32-30-28-26-24-22-20-18-16-14-12-10-8-6-4-2/h41,43-44,46H,3-39H2,1-2H3. The van der Waals surface area contributed by atoms with Gasteiger partial charge in [-0.05, 0) is 12.8 Å². The quantitative estimate of drug-likeness (QED) is 0.0497. The number of carbonyl (C=O) groups excluding carboxylic acids is 2. The summed E-state index contributed by atoms with van der Waals surface area (Å²) in [5, 5.41) is 19.6. The van der Waals surface area contributed by atoms with E-state index in [1.54, 1.807) is 0 Å². The van der Waals surface area contributed by atoms with E-state index in [-0.39, 0.29) is 18.6 Å². The molecule has 0 fully saturated rings. The Morgan fingerprint density at radius 1 is 0.417 bits per heavy atom. The van der Waals surface area contributed by atoms with Gasteiger partial charge in [-0.2, -0.15) is 0 Å². The van der Waals surface area contributed by atoms with Crippen molar-refractivity contribution in [2.45, 2.75) is 257 Å². The summed E-state index contributed by atoms with van der Waals surface area (Å²) in [5.41, 5.74) is 0. The summed E-state index contributed by atoms with van der Waals surface area (Å²) in [6.45, 7) is 3.97. The van der Waals surface area contributed by atoms with Crippen molar-refractivity contribution in [2.75, 3.05) is 6.61 Å². The van der Waals surface area contributed by atoms with E-state index in [0.717, 1.165) is 38.5 Å². The fourth-order valence-corrected chi connectivity index (χ4v) is 6.82. The summed E-state index contributed by atoms with van der Waals surface area (Å²) in [6.07, 6.45) is 41.7. The first-order chi connectivity index (χ1) is 23.6. The predicted molar refractivity (Wildman–Crippen MR) is 206 cm³/mol. The van der Waals surface area contributed by atoms with E-state index in [2.05, 4.69) is 13.8 Å². The number of carbonyl (C=O) groups is 2. The molecule has 0 aliphatic rings. The lowest BCUT2D eigenvalue weighted by Crippen LogP contribution is -2.40. The molecule has 0 heterocycles. The van der Waals surface area contributed by atoms with Gasteiger partial charge >= 0.3 is 5.97 Å². The minimum atomic E-state index is -1.34. The van der Waals surface area contributed by atoms with Gasteiger partial charge in [-0.25, -0.2) is 0 Å². The van der Waals surface area contributed by atoms with E-state index in [1.165, 1.54) is 180 Å². The third kappa shape index (κ3) is 33.6. The number of unbranched alkanes of at least 4 members (excludes halogenated alkanes) is 32. The first-order valence-corrected chi connectivity index (χ1v) is 21.6. The average Bonchev–Trinajstić information content (AvgIpc) is 3.09. The van der Waals surface area contributed by atoms with Gasteiger partial charge in [-0.15, -0.1) is 0 Å². The molecule has 0 saturated carbocycles. The Kier molecular flexibility index (Phi) is 38.1. The van der Waals surface area contributed by atoms with Crippen molar-refractivity contribution < 1.29 is 24.5 Å². The van der Waals surface area contributed by atoms with Gasteiger partial charge in [-0.1, -0.05) is 219 Å². The molecule has 5 nitrogen and oxygen atoms in total. The van der Waals surface area contributed by atoms with E-state index in [9.17, 15) is 19.8 Å². The number of ether oxygens (including phenoxy) is 1. The summed E-state index contributed by atoms with van der Waals surface area (Å²) in [5.74, 6) is -0.711. The van der Waals surface area contributed by atoms with Crippen LogP contribution in [0.15, 0.2) is 0 Å². The molecular formula is C43H84O5. The molecule has 0 rings (SSSR count). The second-order valence-electron chi connectivity index (χ2n) is 14.9. The number of esters is 1. The van der Waals surface area contributed by atoms with Crippen LogP contribution in [0.2, 0.25) is 0 Å². The molecule has 2 N–H and O–H groups in total. The van der Waals surface area contributed by atoms with Crippen LogP contribution in [0.1, 0.15) is 245 Å². The Morgan fingerprint density at radius 3 is 0.938 bits per heavy atom. The molecule has 0 saturated heterocycles. The number of ketones is 1. The molecule has 0 aromatic rings. The lowest BCUT2D eigenvalue weighted by Gasteiger charge is -2.20. The van der Waals surface area contributed by atoms with Crippen LogP contribution in [0.25, 0.3) is 0 Å². The average molecular weight is 681 g/mol. The SMILES string of the molecule is CCCCCCCCCCCCCCCCCCCC(=O)OC(C(=O)CCCCCCCCCCCCCCCCCCC)C(O)CO. The lowest BCUT2D eigenvalue weighted by molar-refractivity contribution is -0.163. The van der Waals surface area contributed by atoms with Crippen molar-refractivity contribution in [1.29, 1.82) is 0 Å². The van der Waals surface area contributed by atoms with E-state index >= 15 is 0 Å². The fourth-order valence-electron chi connectivity index (χ4n) is 6.82. The number of hydrogen-bond donors (Lipinski definition) is 2. The Labute approximate surface area is 299 Å². The zero-order valence-corrected chi connectivity index (χ0v) is 32.4. The Balaban J connectivity index is 3.70. The molecule has 0 spiro atoms. The topological polar surface area (TPSA) is 83.8 Å².